The van der Waals surface area contributed by atoms with Gasteiger partial charge in [0.25, 0.3) is 0 Å². The predicted octanol–water partition coefficient (Wildman–Crippen LogP) is 0.189. The summed E-state index contributed by atoms with van der Waals surface area (Å²) in [5.74, 6) is 0.982. The highest BCUT2D eigenvalue weighted by molar-refractivity contribution is 5.78. The number of aromatic nitrogens is 3. The van der Waals surface area contributed by atoms with Crippen LogP contribution in [-0.4, -0.2) is 55.7 Å². The molecule has 3 rings (SSSR count). The average Bonchev–Trinajstić information content (AvgIpc) is 2.81. The van der Waals surface area contributed by atoms with Crippen molar-refractivity contribution in [3.05, 3.63) is 16.3 Å². The summed E-state index contributed by atoms with van der Waals surface area (Å²) in [5.41, 5.74) is -0.0666. The molecule has 2 aliphatic heterocycles. The first-order valence-corrected chi connectivity index (χ1v) is 8.24. The second-order valence-corrected chi connectivity index (χ2v) is 6.33. The maximum absolute atomic E-state index is 12.6. The Bertz CT molecular complexity index is 606. The Hall–Kier alpha value is -1.63. The molecule has 0 spiro atoms. The number of aryl methyl sites for hydroxylation is 1. The van der Waals surface area contributed by atoms with Crippen LogP contribution in [0.3, 0.4) is 0 Å². The molecular weight excluding hydrogens is 282 g/mol. The minimum atomic E-state index is -0.0666. The molecule has 0 N–H and O–H groups in total. The molecule has 7 nitrogen and oxygen atoms in total. The molecule has 1 fully saturated rings. The Morgan fingerprint density at radius 3 is 2.86 bits per heavy atom. The summed E-state index contributed by atoms with van der Waals surface area (Å²) in [6.07, 6.45) is 4.50. The number of hydrogen-bond acceptors (Lipinski definition) is 4. The van der Waals surface area contributed by atoms with Crippen molar-refractivity contribution in [2.75, 3.05) is 19.6 Å². The summed E-state index contributed by atoms with van der Waals surface area (Å²) in [4.78, 5) is 28.6. The van der Waals surface area contributed by atoms with Crippen molar-refractivity contribution in [3.63, 3.8) is 0 Å². The van der Waals surface area contributed by atoms with Crippen molar-refractivity contribution >= 4 is 5.91 Å². The summed E-state index contributed by atoms with van der Waals surface area (Å²) in [6.45, 7) is 5.40. The molecule has 1 aromatic rings. The van der Waals surface area contributed by atoms with Crippen LogP contribution in [0.15, 0.2) is 4.79 Å². The van der Waals surface area contributed by atoms with Crippen molar-refractivity contribution in [3.8, 4) is 0 Å². The van der Waals surface area contributed by atoms with E-state index in [9.17, 15) is 9.59 Å². The van der Waals surface area contributed by atoms with Gasteiger partial charge in [0.05, 0.1) is 13.1 Å². The second kappa shape index (κ2) is 6.24. The lowest BCUT2D eigenvalue weighted by Gasteiger charge is -2.37. The number of fused-ring (bicyclic) bond motifs is 1. The molecule has 3 heterocycles. The average molecular weight is 307 g/mol. The summed E-state index contributed by atoms with van der Waals surface area (Å²) in [7, 11) is 1.67. The minimum Gasteiger partial charge on any atom is -0.339 e. The fraction of sp³-hybridized carbons (Fsp3) is 0.800. The van der Waals surface area contributed by atoms with Crippen LogP contribution in [-0.2, 0) is 24.9 Å². The Morgan fingerprint density at radius 2 is 2.09 bits per heavy atom. The summed E-state index contributed by atoms with van der Waals surface area (Å²) in [6, 6.07) is 0.402. The quantitative estimate of drug-likeness (QED) is 0.800. The molecule has 22 heavy (non-hydrogen) atoms. The number of hydrogen-bond donors (Lipinski definition) is 0. The molecule has 0 aromatic carbocycles. The fourth-order valence-electron chi connectivity index (χ4n) is 3.59. The van der Waals surface area contributed by atoms with E-state index >= 15 is 0 Å². The molecule has 1 atom stereocenters. The van der Waals surface area contributed by atoms with Gasteiger partial charge in [0.15, 0.2) is 0 Å². The van der Waals surface area contributed by atoms with Gasteiger partial charge in [-0.15, -0.1) is 0 Å². The third-order valence-electron chi connectivity index (χ3n) is 4.87. The van der Waals surface area contributed by atoms with E-state index in [1.807, 2.05) is 0 Å². The van der Waals surface area contributed by atoms with Crippen LogP contribution in [0.2, 0.25) is 0 Å². The number of nitrogens with zero attached hydrogens (tertiary/aromatic N) is 5. The molecule has 1 unspecified atom stereocenters. The lowest BCUT2D eigenvalue weighted by Crippen LogP contribution is -2.49. The Labute approximate surface area is 130 Å². The molecule has 0 bridgehead atoms. The van der Waals surface area contributed by atoms with Crippen LogP contribution < -0.4 is 5.69 Å². The molecule has 1 saturated heterocycles. The zero-order chi connectivity index (χ0) is 15.7. The highest BCUT2D eigenvalue weighted by atomic mass is 16.2. The number of carbonyl (C=O) groups is 1. The summed E-state index contributed by atoms with van der Waals surface area (Å²) in [5, 5.41) is 4.25. The lowest BCUT2D eigenvalue weighted by molar-refractivity contribution is -0.136. The van der Waals surface area contributed by atoms with E-state index in [2.05, 4.69) is 21.8 Å². The maximum atomic E-state index is 12.6. The van der Waals surface area contributed by atoms with E-state index < -0.39 is 0 Å². The van der Waals surface area contributed by atoms with Gasteiger partial charge >= 0.3 is 5.69 Å². The van der Waals surface area contributed by atoms with Crippen LogP contribution in [0.1, 0.15) is 38.4 Å². The third-order valence-corrected chi connectivity index (χ3v) is 4.87. The van der Waals surface area contributed by atoms with E-state index in [-0.39, 0.29) is 11.6 Å². The smallest absolute Gasteiger partial charge is 0.339 e. The van der Waals surface area contributed by atoms with Crippen LogP contribution in [0, 0.1) is 0 Å². The first-order chi connectivity index (χ1) is 10.6. The molecule has 122 valence electrons. The monoisotopic (exact) mass is 307 g/mol. The van der Waals surface area contributed by atoms with Gasteiger partial charge < -0.3 is 4.90 Å². The highest BCUT2D eigenvalue weighted by Crippen LogP contribution is 2.20. The molecule has 0 radical (unpaired) electrons. The van der Waals surface area contributed by atoms with Gasteiger partial charge in [0.2, 0.25) is 5.91 Å². The molecule has 1 aromatic heterocycles. The Kier molecular flexibility index (Phi) is 4.33. The van der Waals surface area contributed by atoms with Gasteiger partial charge in [0.1, 0.15) is 5.82 Å². The van der Waals surface area contributed by atoms with Gasteiger partial charge in [-0.1, -0.05) is 6.92 Å². The van der Waals surface area contributed by atoms with Crippen LogP contribution >= 0.6 is 0 Å². The Balaban J connectivity index is 1.64. The molecule has 2 aliphatic rings. The van der Waals surface area contributed by atoms with Crippen LogP contribution in [0.4, 0.5) is 0 Å². The minimum absolute atomic E-state index is 0.0666. The molecule has 1 amide bonds. The predicted molar refractivity (Wildman–Crippen MR) is 82.4 cm³/mol. The van der Waals surface area contributed by atoms with Gasteiger partial charge in [0, 0.05) is 32.7 Å². The van der Waals surface area contributed by atoms with Gasteiger partial charge in [-0.25, -0.2) is 9.48 Å². The van der Waals surface area contributed by atoms with Crippen LogP contribution in [0.5, 0.6) is 0 Å². The largest absolute Gasteiger partial charge is 0.345 e. The summed E-state index contributed by atoms with van der Waals surface area (Å²) >= 11 is 0. The van der Waals surface area contributed by atoms with E-state index in [4.69, 9.17) is 0 Å². The van der Waals surface area contributed by atoms with E-state index in [1.165, 1.54) is 11.1 Å². The van der Waals surface area contributed by atoms with Crippen molar-refractivity contribution < 1.29 is 4.79 Å². The van der Waals surface area contributed by atoms with Crippen molar-refractivity contribution in [1.29, 1.82) is 0 Å². The second-order valence-electron chi connectivity index (χ2n) is 6.33. The maximum Gasteiger partial charge on any atom is 0.345 e. The van der Waals surface area contributed by atoms with Crippen molar-refractivity contribution in [2.45, 2.75) is 51.7 Å². The molecular formula is C15H25N5O2. The first-order valence-electron chi connectivity index (χ1n) is 8.24. The van der Waals surface area contributed by atoms with Gasteiger partial charge in [-0.3, -0.25) is 14.3 Å². The molecule has 0 aliphatic carbocycles. The lowest BCUT2D eigenvalue weighted by atomic mass is 10.00. The van der Waals surface area contributed by atoms with E-state index in [0.29, 0.717) is 25.7 Å². The van der Waals surface area contributed by atoms with Gasteiger partial charge in [-0.05, 0) is 25.7 Å². The van der Waals surface area contributed by atoms with E-state index in [0.717, 1.165) is 38.2 Å². The zero-order valence-electron chi connectivity index (χ0n) is 13.5. The number of likely N-dealkylation sites (tertiary alicyclic amines) is 1. The number of rotatable bonds is 3. The number of amides is 1. The first kappa shape index (κ1) is 15.3. The standard InChI is InChI=1S/C15H25N5O2/c1-3-12-6-4-5-7-19(12)14(21)11-18-8-9-20-13(10-18)16-17(2)15(20)22/h12H,3-11H2,1-2H3. The molecule has 7 heteroatoms. The SMILES string of the molecule is CCC1CCCCN1C(=O)CN1CCn2c(nn(C)c2=O)C1. The fourth-order valence-corrected chi connectivity index (χ4v) is 3.59. The molecule has 0 saturated carbocycles. The van der Waals surface area contributed by atoms with Crippen molar-refractivity contribution in [2.24, 2.45) is 7.05 Å². The van der Waals surface area contributed by atoms with E-state index in [1.54, 1.807) is 11.6 Å². The zero-order valence-corrected chi connectivity index (χ0v) is 13.5. The summed E-state index contributed by atoms with van der Waals surface area (Å²) < 4.78 is 3.08. The highest BCUT2D eigenvalue weighted by Gasteiger charge is 2.28. The number of piperidine rings is 1. The van der Waals surface area contributed by atoms with Crippen molar-refractivity contribution in [1.82, 2.24) is 24.1 Å². The third kappa shape index (κ3) is 2.82. The topological polar surface area (TPSA) is 63.4 Å². The van der Waals surface area contributed by atoms with Gasteiger partial charge in [-0.2, -0.15) is 5.10 Å². The van der Waals surface area contributed by atoms with Crippen LogP contribution in [0.25, 0.3) is 0 Å². The normalized spacial score (nSPS) is 22.6. The Morgan fingerprint density at radius 1 is 1.27 bits per heavy atom. The number of carbonyl (C=O) groups excluding carboxylic acids is 1.